The van der Waals surface area contributed by atoms with Gasteiger partial charge in [-0.1, -0.05) is 19.1 Å². The molecule has 3 aromatic rings. The summed E-state index contributed by atoms with van der Waals surface area (Å²) in [7, 11) is 3.28. The first kappa shape index (κ1) is 27.1. The minimum absolute atomic E-state index is 0.0113. The zero-order valence-corrected chi connectivity index (χ0v) is 21.7. The Labute approximate surface area is 213 Å². The molecule has 1 unspecified atom stereocenters. The summed E-state index contributed by atoms with van der Waals surface area (Å²) in [6.45, 7) is 6.10. The quantitative estimate of drug-likeness (QED) is 0.309. The van der Waals surface area contributed by atoms with Crippen LogP contribution in [0.2, 0.25) is 0 Å². The molecule has 194 valence electrons. The molecule has 1 atom stereocenters. The van der Waals surface area contributed by atoms with Crippen LogP contribution in [0.25, 0.3) is 0 Å². The largest absolute Gasteiger partial charge is 0.497 e. The zero-order valence-electron chi connectivity index (χ0n) is 21.7. The number of furan rings is 1. The fourth-order valence-electron chi connectivity index (χ4n) is 4.06. The van der Waals surface area contributed by atoms with Gasteiger partial charge in [0.15, 0.2) is 5.76 Å². The van der Waals surface area contributed by atoms with Gasteiger partial charge in [-0.05, 0) is 61.7 Å². The van der Waals surface area contributed by atoms with E-state index in [1.807, 2.05) is 48.4 Å². The van der Waals surface area contributed by atoms with E-state index >= 15 is 0 Å². The average molecular weight is 496 g/mol. The molecule has 36 heavy (non-hydrogen) atoms. The summed E-state index contributed by atoms with van der Waals surface area (Å²) in [5.41, 5.74) is 2.14. The van der Waals surface area contributed by atoms with Crippen molar-refractivity contribution in [2.75, 3.05) is 33.9 Å². The Morgan fingerprint density at radius 1 is 1.11 bits per heavy atom. The van der Waals surface area contributed by atoms with E-state index in [-0.39, 0.29) is 30.2 Å². The van der Waals surface area contributed by atoms with E-state index in [2.05, 4.69) is 17.6 Å². The maximum absolute atomic E-state index is 13.6. The second-order valence-electron chi connectivity index (χ2n) is 8.81. The molecule has 8 nitrogen and oxygen atoms in total. The molecule has 0 spiro atoms. The predicted octanol–water partition coefficient (Wildman–Crippen LogP) is 4.44. The molecule has 0 saturated heterocycles. The van der Waals surface area contributed by atoms with Crippen molar-refractivity contribution >= 4 is 11.8 Å². The number of hydrogen-bond donors (Lipinski definition) is 0. The van der Waals surface area contributed by atoms with Crippen LogP contribution >= 0.6 is 0 Å². The van der Waals surface area contributed by atoms with E-state index in [1.165, 1.54) is 6.26 Å². The SMILES string of the molecule is CCC(C)N(Cc1cccn1Cc1cccc(OC)c1)C(=O)CN(CCCOC)C(=O)c1ccco1. The van der Waals surface area contributed by atoms with E-state index in [4.69, 9.17) is 13.9 Å². The molecule has 0 aliphatic heterocycles. The number of carbonyl (C=O) groups excluding carboxylic acids is 2. The fourth-order valence-corrected chi connectivity index (χ4v) is 4.06. The van der Waals surface area contributed by atoms with E-state index < -0.39 is 0 Å². The predicted molar refractivity (Wildman–Crippen MR) is 138 cm³/mol. The highest BCUT2D eigenvalue weighted by Crippen LogP contribution is 2.18. The van der Waals surface area contributed by atoms with Gasteiger partial charge in [0, 0.05) is 44.7 Å². The number of aromatic nitrogens is 1. The number of carbonyl (C=O) groups is 2. The molecule has 0 aliphatic carbocycles. The lowest BCUT2D eigenvalue weighted by atomic mass is 10.2. The van der Waals surface area contributed by atoms with E-state index in [9.17, 15) is 9.59 Å². The first-order chi connectivity index (χ1) is 17.5. The molecule has 0 N–H and O–H groups in total. The first-order valence-electron chi connectivity index (χ1n) is 12.3. The summed E-state index contributed by atoms with van der Waals surface area (Å²) in [5, 5.41) is 0. The van der Waals surface area contributed by atoms with Crippen LogP contribution in [-0.4, -0.2) is 66.1 Å². The average Bonchev–Trinajstić information content (AvgIpc) is 3.58. The summed E-state index contributed by atoms with van der Waals surface area (Å²) in [6.07, 6.45) is 4.91. The molecule has 1 aromatic carbocycles. The van der Waals surface area contributed by atoms with Crippen LogP contribution in [0.4, 0.5) is 0 Å². The number of benzene rings is 1. The third-order valence-electron chi connectivity index (χ3n) is 6.31. The van der Waals surface area contributed by atoms with Gasteiger partial charge in [0.05, 0.1) is 19.9 Å². The third-order valence-corrected chi connectivity index (χ3v) is 6.31. The monoisotopic (exact) mass is 495 g/mol. The Morgan fingerprint density at radius 2 is 1.94 bits per heavy atom. The van der Waals surface area contributed by atoms with Crippen molar-refractivity contribution in [2.45, 2.75) is 45.8 Å². The molecule has 2 aromatic heterocycles. The summed E-state index contributed by atoms with van der Waals surface area (Å²) < 4.78 is 18.0. The minimum atomic E-state index is -0.296. The van der Waals surface area contributed by atoms with Crippen LogP contribution in [0.1, 0.15) is 48.5 Å². The highest BCUT2D eigenvalue weighted by atomic mass is 16.5. The van der Waals surface area contributed by atoms with Crippen LogP contribution in [0.3, 0.4) is 0 Å². The van der Waals surface area contributed by atoms with Crippen LogP contribution in [-0.2, 0) is 22.6 Å². The molecule has 0 aliphatic rings. The first-order valence-corrected chi connectivity index (χ1v) is 12.3. The minimum Gasteiger partial charge on any atom is -0.497 e. The molecule has 0 saturated carbocycles. The Kier molecular flexibility index (Phi) is 10.2. The lowest BCUT2D eigenvalue weighted by molar-refractivity contribution is -0.134. The zero-order chi connectivity index (χ0) is 25.9. The molecule has 3 rings (SSSR count). The smallest absolute Gasteiger partial charge is 0.290 e. The van der Waals surface area contributed by atoms with Crippen molar-refractivity contribution in [3.8, 4) is 5.75 Å². The van der Waals surface area contributed by atoms with Gasteiger partial charge in [0.1, 0.15) is 12.3 Å². The number of ether oxygens (including phenoxy) is 2. The van der Waals surface area contributed by atoms with E-state index in [0.717, 1.165) is 23.4 Å². The van der Waals surface area contributed by atoms with Gasteiger partial charge in [-0.25, -0.2) is 0 Å². The topological polar surface area (TPSA) is 77.1 Å². The van der Waals surface area contributed by atoms with Gasteiger partial charge in [0.25, 0.3) is 5.91 Å². The van der Waals surface area contributed by atoms with Crippen LogP contribution in [0, 0.1) is 0 Å². The van der Waals surface area contributed by atoms with Crippen molar-refractivity contribution in [1.82, 2.24) is 14.4 Å². The summed E-state index contributed by atoms with van der Waals surface area (Å²) in [6, 6.07) is 15.3. The van der Waals surface area contributed by atoms with E-state index in [0.29, 0.717) is 32.7 Å². The van der Waals surface area contributed by atoms with Crippen molar-refractivity contribution in [3.63, 3.8) is 0 Å². The van der Waals surface area contributed by atoms with Gasteiger partial charge in [-0.2, -0.15) is 0 Å². The molecular formula is C28H37N3O5. The maximum Gasteiger partial charge on any atom is 0.290 e. The van der Waals surface area contributed by atoms with Gasteiger partial charge < -0.3 is 28.3 Å². The molecule has 8 heteroatoms. The highest BCUT2D eigenvalue weighted by molar-refractivity contribution is 5.94. The van der Waals surface area contributed by atoms with Crippen LogP contribution < -0.4 is 4.74 Å². The Hall–Kier alpha value is -3.52. The van der Waals surface area contributed by atoms with Gasteiger partial charge in [-0.3, -0.25) is 9.59 Å². The van der Waals surface area contributed by atoms with Gasteiger partial charge in [0.2, 0.25) is 5.91 Å². The number of hydrogen-bond acceptors (Lipinski definition) is 5. The second-order valence-corrected chi connectivity index (χ2v) is 8.81. The fraction of sp³-hybridized carbons (Fsp3) is 0.429. The van der Waals surface area contributed by atoms with Crippen molar-refractivity contribution in [3.05, 3.63) is 78.0 Å². The van der Waals surface area contributed by atoms with Crippen molar-refractivity contribution < 1.29 is 23.5 Å². The summed E-state index contributed by atoms with van der Waals surface area (Å²) in [4.78, 5) is 30.0. The maximum atomic E-state index is 13.6. The van der Waals surface area contributed by atoms with Gasteiger partial charge in [-0.15, -0.1) is 0 Å². The van der Waals surface area contributed by atoms with Crippen molar-refractivity contribution in [1.29, 1.82) is 0 Å². The summed E-state index contributed by atoms with van der Waals surface area (Å²) in [5.74, 6) is 0.639. The Morgan fingerprint density at radius 3 is 2.64 bits per heavy atom. The van der Waals surface area contributed by atoms with Crippen molar-refractivity contribution in [2.24, 2.45) is 0 Å². The molecule has 0 fully saturated rings. The highest BCUT2D eigenvalue weighted by Gasteiger charge is 2.26. The number of amides is 2. The number of methoxy groups -OCH3 is 2. The Bertz CT molecular complexity index is 1090. The summed E-state index contributed by atoms with van der Waals surface area (Å²) >= 11 is 0. The molecule has 0 radical (unpaired) electrons. The Balaban J connectivity index is 1.76. The normalized spacial score (nSPS) is 11.8. The van der Waals surface area contributed by atoms with Crippen LogP contribution in [0.5, 0.6) is 5.75 Å². The van der Waals surface area contributed by atoms with Crippen LogP contribution in [0.15, 0.2) is 65.4 Å². The molecule has 2 heterocycles. The molecule has 0 bridgehead atoms. The molecular weight excluding hydrogens is 458 g/mol. The van der Waals surface area contributed by atoms with Gasteiger partial charge >= 0.3 is 0 Å². The number of rotatable bonds is 14. The lowest BCUT2D eigenvalue weighted by Crippen LogP contribution is -2.46. The standard InChI is InChI=1S/C28H37N3O5/c1-5-22(2)31(20-24-11-7-14-29(24)19-23-10-6-12-25(18-23)35-4)27(32)21-30(15-9-16-34-3)28(33)26-13-8-17-36-26/h6-8,10-14,17-18,22H,5,9,15-16,19-21H2,1-4H3. The lowest BCUT2D eigenvalue weighted by Gasteiger charge is -2.32. The second kappa shape index (κ2) is 13.5. The van der Waals surface area contributed by atoms with E-state index in [1.54, 1.807) is 31.3 Å². The number of nitrogens with zero attached hydrogens (tertiary/aromatic N) is 3. The third kappa shape index (κ3) is 7.24. The molecule has 2 amide bonds.